The normalized spacial score (nSPS) is 12.0. The smallest absolute Gasteiger partial charge is 0.129 e. The second kappa shape index (κ2) is 8.34. The zero-order valence-corrected chi connectivity index (χ0v) is 16.2. The van der Waals surface area contributed by atoms with Crippen molar-refractivity contribution in [3.63, 3.8) is 0 Å². The Hall–Kier alpha value is -2.37. The number of rotatable bonds is 7. The lowest BCUT2D eigenvalue weighted by molar-refractivity contribution is 0.333. The van der Waals surface area contributed by atoms with Crippen LogP contribution in [0.3, 0.4) is 0 Å². The van der Waals surface area contributed by atoms with Gasteiger partial charge in [-0.1, -0.05) is 30.3 Å². The Morgan fingerprint density at radius 1 is 1.00 bits per heavy atom. The van der Waals surface area contributed by atoms with E-state index in [0.717, 1.165) is 38.9 Å². The number of nitrogens with two attached hydrogens (primary N) is 1. The van der Waals surface area contributed by atoms with Gasteiger partial charge in [0.25, 0.3) is 0 Å². The number of nitrogens with zero attached hydrogens (tertiary/aromatic N) is 1. The fourth-order valence-electron chi connectivity index (χ4n) is 2.77. The zero-order valence-electron chi connectivity index (χ0n) is 15.4. The summed E-state index contributed by atoms with van der Waals surface area (Å²) in [4.78, 5) is 4.68. The largest absolute Gasteiger partial charge is 0.493 e. The minimum atomic E-state index is -0.0840. The highest BCUT2D eigenvalue weighted by Crippen LogP contribution is 2.41. The molecule has 0 saturated carbocycles. The quantitative estimate of drug-likeness (QED) is 0.615. The van der Waals surface area contributed by atoms with Gasteiger partial charge in [0.2, 0.25) is 0 Å². The summed E-state index contributed by atoms with van der Waals surface area (Å²) in [5.41, 5.74) is 9.88. The van der Waals surface area contributed by atoms with E-state index in [4.69, 9.17) is 15.2 Å². The van der Waals surface area contributed by atoms with Gasteiger partial charge in [0.15, 0.2) is 0 Å². The van der Waals surface area contributed by atoms with E-state index in [1.807, 2.05) is 56.5 Å². The van der Waals surface area contributed by atoms with Gasteiger partial charge in [-0.25, -0.2) is 4.98 Å². The van der Waals surface area contributed by atoms with Crippen LogP contribution >= 0.6 is 11.3 Å². The number of hydrogen-bond donors (Lipinski definition) is 1. The highest BCUT2D eigenvalue weighted by atomic mass is 32.1. The third-order valence-corrected chi connectivity index (χ3v) is 5.00. The van der Waals surface area contributed by atoms with Crippen LogP contribution in [0, 0.1) is 0 Å². The van der Waals surface area contributed by atoms with Gasteiger partial charge in [-0.2, -0.15) is 0 Å². The van der Waals surface area contributed by atoms with Crippen molar-refractivity contribution in [2.45, 2.75) is 26.8 Å². The molecule has 1 heterocycles. The third-order valence-electron chi connectivity index (χ3n) is 3.95. The SMILES string of the molecule is CCOc1cc(-c2csc(C(C)N)n2)c(OCC)cc1-c1ccccc1. The Labute approximate surface area is 158 Å². The van der Waals surface area contributed by atoms with Crippen molar-refractivity contribution in [2.24, 2.45) is 5.73 Å². The van der Waals surface area contributed by atoms with Crippen molar-refractivity contribution in [3.8, 4) is 33.9 Å². The summed E-state index contributed by atoms with van der Waals surface area (Å²) in [5.74, 6) is 1.63. The van der Waals surface area contributed by atoms with Gasteiger partial charge < -0.3 is 15.2 Å². The first-order valence-electron chi connectivity index (χ1n) is 8.84. The van der Waals surface area contributed by atoms with Crippen LogP contribution in [-0.2, 0) is 0 Å². The third kappa shape index (κ3) is 3.89. The van der Waals surface area contributed by atoms with Crippen LogP contribution in [0.5, 0.6) is 11.5 Å². The average Bonchev–Trinajstić information content (AvgIpc) is 3.14. The van der Waals surface area contributed by atoms with Crippen molar-refractivity contribution in [1.29, 1.82) is 0 Å². The van der Waals surface area contributed by atoms with E-state index in [1.54, 1.807) is 11.3 Å². The molecule has 1 atom stereocenters. The number of benzene rings is 2. The monoisotopic (exact) mass is 368 g/mol. The molecule has 0 amide bonds. The van der Waals surface area contributed by atoms with E-state index in [9.17, 15) is 0 Å². The summed E-state index contributed by atoms with van der Waals surface area (Å²) < 4.78 is 11.9. The van der Waals surface area contributed by atoms with Gasteiger partial charge in [-0.15, -0.1) is 11.3 Å². The van der Waals surface area contributed by atoms with E-state index in [0.29, 0.717) is 13.2 Å². The number of ether oxygens (including phenoxy) is 2. The van der Waals surface area contributed by atoms with Crippen LogP contribution in [0.1, 0.15) is 31.8 Å². The molecule has 0 aliphatic heterocycles. The average molecular weight is 369 g/mol. The predicted molar refractivity (Wildman–Crippen MR) is 108 cm³/mol. The van der Waals surface area contributed by atoms with Gasteiger partial charge >= 0.3 is 0 Å². The summed E-state index contributed by atoms with van der Waals surface area (Å²) in [6, 6.07) is 14.2. The Bertz CT molecular complexity index is 860. The van der Waals surface area contributed by atoms with Gasteiger partial charge in [0, 0.05) is 16.5 Å². The lowest BCUT2D eigenvalue weighted by Gasteiger charge is -2.16. The van der Waals surface area contributed by atoms with Crippen molar-refractivity contribution >= 4 is 11.3 Å². The highest BCUT2D eigenvalue weighted by Gasteiger charge is 2.17. The first-order chi connectivity index (χ1) is 12.6. The first kappa shape index (κ1) is 18.4. The van der Waals surface area contributed by atoms with Crippen LogP contribution < -0.4 is 15.2 Å². The summed E-state index contributed by atoms with van der Waals surface area (Å²) in [6.45, 7) is 7.09. The summed E-state index contributed by atoms with van der Waals surface area (Å²) >= 11 is 1.57. The van der Waals surface area contributed by atoms with Crippen LogP contribution in [0.4, 0.5) is 0 Å². The Balaban J connectivity index is 2.15. The van der Waals surface area contributed by atoms with E-state index in [-0.39, 0.29) is 6.04 Å². The summed E-state index contributed by atoms with van der Waals surface area (Å²) in [6.07, 6.45) is 0. The Kier molecular flexibility index (Phi) is 5.91. The van der Waals surface area contributed by atoms with E-state index in [1.165, 1.54) is 0 Å². The maximum Gasteiger partial charge on any atom is 0.129 e. The van der Waals surface area contributed by atoms with Crippen molar-refractivity contribution < 1.29 is 9.47 Å². The first-order valence-corrected chi connectivity index (χ1v) is 9.72. The van der Waals surface area contributed by atoms with Crippen molar-refractivity contribution in [2.75, 3.05) is 13.2 Å². The lowest BCUT2D eigenvalue weighted by atomic mass is 10.0. The molecular formula is C21H24N2O2S. The molecule has 2 aromatic carbocycles. The molecule has 0 spiro atoms. The minimum absolute atomic E-state index is 0.0840. The van der Waals surface area contributed by atoms with Crippen LogP contribution in [-0.4, -0.2) is 18.2 Å². The molecule has 0 fully saturated rings. The zero-order chi connectivity index (χ0) is 18.5. The van der Waals surface area contributed by atoms with Gasteiger partial charge in [-0.05, 0) is 38.5 Å². The van der Waals surface area contributed by atoms with Crippen molar-refractivity contribution in [3.05, 3.63) is 52.9 Å². The predicted octanol–water partition coefficient (Wildman–Crippen LogP) is 5.29. The topological polar surface area (TPSA) is 57.4 Å². The van der Waals surface area contributed by atoms with Gasteiger partial charge in [0.1, 0.15) is 16.5 Å². The van der Waals surface area contributed by atoms with Crippen LogP contribution in [0.25, 0.3) is 22.4 Å². The number of aromatic nitrogens is 1. The summed E-state index contributed by atoms with van der Waals surface area (Å²) in [7, 11) is 0. The summed E-state index contributed by atoms with van der Waals surface area (Å²) in [5, 5.41) is 2.93. The maximum absolute atomic E-state index is 5.97. The van der Waals surface area contributed by atoms with Gasteiger partial charge in [-0.3, -0.25) is 0 Å². The standard InChI is InChI=1S/C21H24N2O2S/c1-4-24-19-12-17(18-13-26-21(23-18)14(3)22)20(25-5-2)11-16(19)15-9-7-6-8-10-15/h6-14H,4-5,22H2,1-3H3. The molecule has 1 unspecified atom stereocenters. The Morgan fingerprint density at radius 2 is 1.62 bits per heavy atom. The molecular weight excluding hydrogens is 344 g/mol. The van der Waals surface area contributed by atoms with Crippen LogP contribution in [0.2, 0.25) is 0 Å². The molecule has 0 radical (unpaired) electrons. The molecule has 0 bridgehead atoms. The minimum Gasteiger partial charge on any atom is -0.493 e. The van der Waals surface area contributed by atoms with Gasteiger partial charge in [0.05, 0.1) is 24.9 Å². The van der Waals surface area contributed by atoms with Crippen molar-refractivity contribution in [1.82, 2.24) is 4.98 Å². The fraction of sp³-hybridized carbons (Fsp3) is 0.286. The molecule has 4 nitrogen and oxygen atoms in total. The van der Waals surface area contributed by atoms with E-state index in [2.05, 4.69) is 17.1 Å². The molecule has 136 valence electrons. The Morgan fingerprint density at radius 3 is 2.19 bits per heavy atom. The molecule has 5 heteroatoms. The van der Waals surface area contributed by atoms with E-state index < -0.39 is 0 Å². The maximum atomic E-state index is 5.97. The molecule has 3 aromatic rings. The number of thiazole rings is 1. The van der Waals surface area contributed by atoms with E-state index >= 15 is 0 Å². The molecule has 3 rings (SSSR count). The second-order valence-corrected chi connectivity index (χ2v) is 6.83. The molecule has 0 aliphatic rings. The molecule has 26 heavy (non-hydrogen) atoms. The second-order valence-electron chi connectivity index (χ2n) is 5.94. The molecule has 0 aliphatic carbocycles. The molecule has 2 N–H and O–H groups in total. The lowest BCUT2D eigenvalue weighted by Crippen LogP contribution is -2.04. The molecule has 1 aromatic heterocycles. The highest BCUT2D eigenvalue weighted by molar-refractivity contribution is 7.10. The van der Waals surface area contributed by atoms with Crippen LogP contribution in [0.15, 0.2) is 47.8 Å². The number of hydrogen-bond acceptors (Lipinski definition) is 5. The molecule has 0 saturated heterocycles. The fourth-order valence-corrected chi connectivity index (χ4v) is 3.55.